The Balaban J connectivity index is 1.99. The summed E-state index contributed by atoms with van der Waals surface area (Å²) < 4.78 is 5.54. The molecule has 1 atom stereocenters. The van der Waals surface area contributed by atoms with Crippen LogP contribution in [0.3, 0.4) is 0 Å². The maximum Gasteiger partial charge on any atom is 0.0518 e. The summed E-state index contributed by atoms with van der Waals surface area (Å²) in [5.41, 5.74) is 0. The summed E-state index contributed by atoms with van der Waals surface area (Å²) in [6.45, 7) is 15.8. The number of likely N-dealkylation sites (tertiary alicyclic amines) is 1. The Bertz CT molecular complexity index is 231. The molecule has 20 heavy (non-hydrogen) atoms. The van der Waals surface area contributed by atoms with E-state index in [-0.39, 0.29) is 0 Å². The molecule has 1 N–H and O–H groups in total. The minimum atomic E-state index is 0.362. The molecule has 0 aromatic rings. The van der Waals surface area contributed by atoms with E-state index < -0.39 is 0 Å². The Labute approximate surface area is 126 Å². The maximum absolute atomic E-state index is 5.54. The van der Waals surface area contributed by atoms with Gasteiger partial charge in [-0.1, -0.05) is 13.8 Å². The fourth-order valence-electron chi connectivity index (χ4n) is 2.95. The average Bonchev–Trinajstić information content (AvgIpc) is 2.63. The fraction of sp³-hybridized carbons (Fsp3) is 1.00. The molecule has 0 aliphatic carbocycles. The van der Waals surface area contributed by atoms with Crippen molar-refractivity contribution in [1.29, 1.82) is 0 Å². The Kier molecular flexibility index (Phi) is 9.49. The Morgan fingerprint density at radius 3 is 2.60 bits per heavy atom. The summed E-state index contributed by atoms with van der Waals surface area (Å²) in [6, 6.07) is 0. The lowest BCUT2D eigenvalue weighted by atomic mass is 9.89. The molecule has 1 aliphatic rings. The molecular formula is C17H36N2O. The zero-order valence-electron chi connectivity index (χ0n) is 14.2. The van der Waals surface area contributed by atoms with Crippen LogP contribution in [0, 0.1) is 11.8 Å². The SMILES string of the molecule is CC(C)OCCCNCCN1CCCC(C(C)C)CC1. The first-order valence-corrected chi connectivity index (χ1v) is 8.64. The molecule has 1 aliphatic heterocycles. The molecule has 0 radical (unpaired) electrons. The third-order valence-corrected chi connectivity index (χ3v) is 4.36. The first-order valence-electron chi connectivity index (χ1n) is 8.64. The Hall–Kier alpha value is -0.120. The van der Waals surface area contributed by atoms with Gasteiger partial charge in [-0.15, -0.1) is 0 Å². The molecule has 0 bridgehead atoms. The van der Waals surface area contributed by atoms with Crippen molar-refractivity contribution in [3.05, 3.63) is 0 Å². The van der Waals surface area contributed by atoms with Crippen LogP contribution in [-0.2, 0) is 4.74 Å². The second-order valence-corrected chi connectivity index (χ2v) is 6.80. The fourth-order valence-corrected chi connectivity index (χ4v) is 2.95. The predicted octanol–water partition coefficient (Wildman–Crippen LogP) is 3.15. The summed E-state index contributed by atoms with van der Waals surface area (Å²) in [6.07, 6.45) is 5.67. The first-order chi connectivity index (χ1) is 9.59. The lowest BCUT2D eigenvalue weighted by Crippen LogP contribution is -2.33. The molecule has 0 saturated carbocycles. The average molecular weight is 284 g/mol. The summed E-state index contributed by atoms with van der Waals surface area (Å²) >= 11 is 0. The van der Waals surface area contributed by atoms with Gasteiger partial charge in [0.05, 0.1) is 6.10 Å². The highest BCUT2D eigenvalue weighted by Crippen LogP contribution is 2.24. The smallest absolute Gasteiger partial charge is 0.0518 e. The number of hydrogen-bond acceptors (Lipinski definition) is 3. The van der Waals surface area contributed by atoms with E-state index in [0.717, 1.165) is 38.0 Å². The van der Waals surface area contributed by atoms with E-state index in [4.69, 9.17) is 4.74 Å². The van der Waals surface area contributed by atoms with E-state index in [0.29, 0.717) is 6.10 Å². The highest BCUT2D eigenvalue weighted by Gasteiger charge is 2.18. The van der Waals surface area contributed by atoms with E-state index >= 15 is 0 Å². The van der Waals surface area contributed by atoms with Gasteiger partial charge in [0.2, 0.25) is 0 Å². The van der Waals surface area contributed by atoms with Crippen molar-refractivity contribution in [1.82, 2.24) is 10.2 Å². The van der Waals surface area contributed by atoms with Gasteiger partial charge in [0.1, 0.15) is 0 Å². The zero-order valence-corrected chi connectivity index (χ0v) is 14.2. The van der Waals surface area contributed by atoms with Crippen LogP contribution >= 0.6 is 0 Å². The predicted molar refractivity (Wildman–Crippen MR) is 87.2 cm³/mol. The Morgan fingerprint density at radius 1 is 1.10 bits per heavy atom. The van der Waals surface area contributed by atoms with E-state index in [9.17, 15) is 0 Å². The molecule has 0 aromatic carbocycles. The van der Waals surface area contributed by atoms with Crippen LogP contribution in [0.25, 0.3) is 0 Å². The van der Waals surface area contributed by atoms with Crippen LogP contribution in [0.15, 0.2) is 0 Å². The van der Waals surface area contributed by atoms with Crippen molar-refractivity contribution >= 4 is 0 Å². The Morgan fingerprint density at radius 2 is 1.90 bits per heavy atom. The zero-order chi connectivity index (χ0) is 14.8. The van der Waals surface area contributed by atoms with Crippen molar-refractivity contribution in [2.75, 3.05) is 39.3 Å². The molecule has 0 amide bonds. The van der Waals surface area contributed by atoms with Gasteiger partial charge in [0.25, 0.3) is 0 Å². The van der Waals surface area contributed by atoms with Crippen LogP contribution in [0.5, 0.6) is 0 Å². The van der Waals surface area contributed by atoms with E-state index in [1.54, 1.807) is 0 Å². The standard InChI is InChI=1S/C17H36N2O/c1-15(2)17-7-5-11-19(12-8-17)13-10-18-9-6-14-20-16(3)4/h15-18H,5-14H2,1-4H3. The molecule has 0 aromatic heterocycles. The van der Waals surface area contributed by atoms with Gasteiger partial charge in [-0.3, -0.25) is 0 Å². The number of rotatable bonds is 9. The van der Waals surface area contributed by atoms with Crippen LogP contribution in [-0.4, -0.2) is 50.3 Å². The number of nitrogens with one attached hydrogen (secondary N) is 1. The molecule has 3 nitrogen and oxygen atoms in total. The number of ether oxygens (including phenoxy) is 1. The quantitative estimate of drug-likeness (QED) is 0.658. The van der Waals surface area contributed by atoms with Crippen LogP contribution < -0.4 is 5.32 Å². The molecule has 1 unspecified atom stereocenters. The van der Waals surface area contributed by atoms with Crippen LogP contribution in [0.2, 0.25) is 0 Å². The maximum atomic E-state index is 5.54. The van der Waals surface area contributed by atoms with Gasteiger partial charge in [0, 0.05) is 19.7 Å². The summed E-state index contributed by atoms with van der Waals surface area (Å²) in [5, 5.41) is 3.54. The van der Waals surface area contributed by atoms with E-state index in [2.05, 4.69) is 37.9 Å². The van der Waals surface area contributed by atoms with E-state index in [1.807, 2.05) is 0 Å². The molecule has 3 heteroatoms. The van der Waals surface area contributed by atoms with Crippen molar-refractivity contribution in [2.45, 2.75) is 59.5 Å². The molecule has 1 heterocycles. The van der Waals surface area contributed by atoms with Crippen LogP contribution in [0.1, 0.15) is 53.4 Å². The third kappa shape index (κ3) is 8.23. The number of hydrogen-bond donors (Lipinski definition) is 1. The first kappa shape index (κ1) is 17.9. The summed E-state index contributed by atoms with van der Waals surface area (Å²) in [4.78, 5) is 2.64. The lowest BCUT2D eigenvalue weighted by Gasteiger charge is -2.21. The van der Waals surface area contributed by atoms with Gasteiger partial charge < -0.3 is 15.0 Å². The molecule has 1 rings (SSSR count). The van der Waals surface area contributed by atoms with Crippen LogP contribution in [0.4, 0.5) is 0 Å². The second kappa shape index (κ2) is 10.6. The largest absolute Gasteiger partial charge is 0.379 e. The van der Waals surface area contributed by atoms with Gasteiger partial charge in [0.15, 0.2) is 0 Å². The monoisotopic (exact) mass is 284 g/mol. The van der Waals surface area contributed by atoms with Crippen molar-refractivity contribution < 1.29 is 4.74 Å². The van der Waals surface area contributed by atoms with Gasteiger partial charge >= 0.3 is 0 Å². The molecular weight excluding hydrogens is 248 g/mol. The second-order valence-electron chi connectivity index (χ2n) is 6.80. The van der Waals surface area contributed by atoms with Gasteiger partial charge in [-0.05, 0) is 71.0 Å². The van der Waals surface area contributed by atoms with Crippen molar-refractivity contribution in [3.8, 4) is 0 Å². The molecule has 120 valence electrons. The van der Waals surface area contributed by atoms with Gasteiger partial charge in [-0.2, -0.15) is 0 Å². The highest BCUT2D eigenvalue weighted by molar-refractivity contribution is 4.72. The highest BCUT2D eigenvalue weighted by atomic mass is 16.5. The minimum absolute atomic E-state index is 0.362. The van der Waals surface area contributed by atoms with Crippen molar-refractivity contribution in [2.24, 2.45) is 11.8 Å². The van der Waals surface area contributed by atoms with Crippen molar-refractivity contribution in [3.63, 3.8) is 0 Å². The number of nitrogens with zero attached hydrogens (tertiary/aromatic N) is 1. The normalized spacial score (nSPS) is 21.6. The summed E-state index contributed by atoms with van der Waals surface area (Å²) in [5.74, 6) is 1.80. The molecule has 1 fully saturated rings. The van der Waals surface area contributed by atoms with E-state index in [1.165, 1.54) is 38.9 Å². The molecule has 0 spiro atoms. The lowest BCUT2D eigenvalue weighted by molar-refractivity contribution is 0.0770. The topological polar surface area (TPSA) is 24.5 Å². The third-order valence-electron chi connectivity index (χ3n) is 4.36. The summed E-state index contributed by atoms with van der Waals surface area (Å²) in [7, 11) is 0. The minimum Gasteiger partial charge on any atom is -0.379 e. The van der Waals surface area contributed by atoms with Gasteiger partial charge in [-0.25, -0.2) is 0 Å². The molecule has 1 saturated heterocycles.